The standard InChI is InChI=1S/C19H21NO4S/c1-2-24-19(21)18(15-17-11-7-4-8-12-17)20-25(22,23)14-13-16-9-5-3-6-10-16/h3-14,18,20H,2,15H2,1H3/b14-13+. The summed E-state index contributed by atoms with van der Waals surface area (Å²) in [5.74, 6) is -0.594. The van der Waals surface area contributed by atoms with E-state index in [4.69, 9.17) is 4.74 Å². The van der Waals surface area contributed by atoms with Crippen molar-refractivity contribution in [3.05, 3.63) is 77.2 Å². The summed E-state index contributed by atoms with van der Waals surface area (Å²) in [6.45, 7) is 1.87. The first-order chi connectivity index (χ1) is 12.0. The molecule has 0 aliphatic carbocycles. The van der Waals surface area contributed by atoms with Crippen LogP contribution in [0.4, 0.5) is 0 Å². The fourth-order valence-corrected chi connectivity index (χ4v) is 3.23. The van der Waals surface area contributed by atoms with E-state index in [2.05, 4.69) is 4.72 Å². The SMILES string of the molecule is CCOC(=O)C(Cc1ccccc1)NS(=O)(=O)/C=C/c1ccccc1. The van der Waals surface area contributed by atoms with Crippen LogP contribution >= 0.6 is 0 Å². The summed E-state index contributed by atoms with van der Waals surface area (Å²) in [6, 6.07) is 17.3. The minimum atomic E-state index is -3.79. The van der Waals surface area contributed by atoms with Gasteiger partial charge in [0.25, 0.3) is 0 Å². The van der Waals surface area contributed by atoms with E-state index in [9.17, 15) is 13.2 Å². The summed E-state index contributed by atoms with van der Waals surface area (Å²) < 4.78 is 32.0. The summed E-state index contributed by atoms with van der Waals surface area (Å²) in [7, 11) is -3.79. The first-order valence-electron chi connectivity index (χ1n) is 7.96. The number of sulfonamides is 1. The molecular weight excluding hydrogens is 338 g/mol. The van der Waals surface area contributed by atoms with Crippen molar-refractivity contribution in [1.29, 1.82) is 0 Å². The maximum atomic E-state index is 12.3. The van der Waals surface area contributed by atoms with Gasteiger partial charge in [0.2, 0.25) is 10.0 Å². The minimum absolute atomic E-state index is 0.186. The molecule has 1 N–H and O–H groups in total. The molecule has 0 aromatic heterocycles. The second kappa shape index (κ2) is 9.15. The van der Waals surface area contributed by atoms with Gasteiger partial charge in [0.1, 0.15) is 6.04 Å². The number of rotatable bonds is 8. The van der Waals surface area contributed by atoms with Crippen LogP contribution in [0.1, 0.15) is 18.1 Å². The lowest BCUT2D eigenvalue weighted by molar-refractivity contribution is -0.145. The third-order valence-electron chi connectivity index (χ3n) is 3.40. The van der Waals surface area contributed by atoms with Crippen molar-refractivity contribution in [2.75, 3.05) is 6.61 Å². The van der Waals surface area contributed by atoms with Crippen LogP contribution < -0.4 is 4.72 Å². The van der Waals surface area contributed by atoms with Gasteiger partial charge < -0.3 is 4.74 Å². The Hall–Kier alpha value is -2.44. The van der Waals surface area contributed by atoms with Crippen molar-refractivity contribution < 1.29 is 17.9 Å². The number of carbonyl (C=O) groups excluding carboxylic acids is 1. The monoisotopic (exact) mass is 359 g/mol. The van der Waals surface area contributed by atoms with E-state index in [0.29, 0.717) is 0 Å². The average Bonchev–Trinajstić information content (AvgIpc) is 2.61. The predicted molar refractivity (Wildman–Crippen MR) is 98.1 cm³/mol. The third-order valence-corrected chi connectivity index (χ3v) is 4.51. The Morgan fingerprint density at radius 3 is 2.28 bits per heavy atom. The molecule has 0 aliphatic heterocycles. The van der Waals surface area contributed by atoms with Gasteiger partial charge in [-0.3, -0.25) is 4.79 Å². The first kappa shape index (κ1) is 18.9. The molecule has 0 bridgehead atoms. The summed E-state index contributed by atoms with van der Waals surface area (Å²) >= 11 is 0. The smallest absolute Gasteiger partial charge is 0.324 e. The molecule has 0 fully saturated rings. The summed E-state index contributed by atoms with van der Waals surface area (Å²) in [5.41, 5.74) is 1.60. The molecule has 0 amide bonds. The molecule has 0 radical (unpaired) electrons. The van der Waals surface area contributed by atoms with Gasteiger partial charge in [-0.15, -0.1) is 0 Å². The molecule has 0 aliphatic rings. The number of esters is 1. The predicted octanol–water partition coefficient (Wildman–Crippen LogP) is 2.75. The highest BCUT2D eigenvalue weighted by Crippen LogP contribution is 2.08. The number of hydrogen-bond acceptors (Lipinski definition) is 4. The molecule has 1 unspecified atom stereocenters. The van der Waals surface area contributed by atoms with E-state index < -0.39 is 22.0 Å². The quantitative estimate of drug-likeness (QED) is 0.736. The average molecular weight is 359 g/mol. The molecule has 2 aromatic carbocycles. The lowest BCUT2D eigenvalue weighted by Crippen LogP contribution is -2.42. The summed E-state index contributed by atoms with van der Waals surface area (Å²) in [4.78, 5) is 12.1. The van der Waals surface area contributed by atoms with Crippen LogP contribution in [0, 0.1) is 0 Å². The largest absolute Gasteiger partial charge is 0.465 e. The maximum Gasteiger partial charge on any atom is 0.324 e. The molecule has 2 aromatic rings. The molecule has 6 heteroatoms. The van der Waals surface area contributed by atoms with Crippen LogP contribution in [0.2, 0.25) is 0 Å². The van der Waals surface area contributed by atoms with E-state index in [1.54, 1.807) is 19.1 Å². The number of nitrogens with one attached hydrogen (secondary N) is 1. The molecule has 2 rings (SSSR count). The van der Waals surface area contributed by atoms with Crippen molar-refractivity contribution >= 4 is 22.1 Å². The number of hydrogen-bond donors (Lipinski definition) is 1. The lowest BCUT2D eigenvalue weighted by Gasteiger charge is -2.16. The van der Waals surface area contributed by atoms with Gasteiger partial charge in [-0.2, -0.15) is 4.72 Å². The van der Waals surface area contributed by atoms with Crippen LogP contribution in [0.3, 0.4) is 0 Å². The Morgan fingerprint density at radius 2 is 1.68 bits per heavy atom. The number of ether oxygens (including phenoxy) is 1. The molecule has 1 atom stereocenters. The Bertz CT molecular complexity index is 802. The zero-order valence-electron chi connectivity index (χ0n) is 14.0. The lowest BCUT2D eigenvalue weighted by atomic mass is 10.1. The normalized spacial score (nSPS) is 12.8. The maximum absolute atomic E-state index is 12.3. The van der Waals surface area contributed by atoms with Crippen LogP contribution in [-0.4, -0.2) is 27.0 Å². The van der Waals surface area contributed by atoms with Crippen molar-refractivity contribution in [2.45, 2.75) is 19.4 Å². The molecule has 0 spiro atoms. The Kier molecular flexibility index (Phi) is 6.91. The molecule has 0 saturated carbocycles. The van der Waals surface area contributed by atoms with E-state index >= 15 is 0 Å². The second-order valence-corrected chi connectivity index (χ2v) is 6.97. The number of carbonyl (C=O) groups is 1. The van der Waals surface area contributed by atoms with Gasteiger partial charge in [-0.05, 0) is 30.5 Å². The Labute approximate surface area is 148 Å². The van der Waals surface area contributed by atoms with Crippen LogP contribution in [0.5, 0.6) is 0 Å². The second-order valence-electron chi connectivity index (χ2n) is 5.37. The van der Waals surface area contributed by atoms with Gasteiger partial charge in [0.15, 0.2) is 0 Å². The highest BCUT2D eigenvalue weighted by molar-refractivity contribution is 7.92. The van der Waals surface area contributed by atoms with Crippen molar-refractivity contribution in [1.82, 2.24) is 4.72 Å². The van der Waals surface area contributed by atoms with Crippen molar-refractivity contribution in [3.8, 4) is 0 Å². The van der Waals surface area contributed by atoms with Gasteiger partial charge in [0.05, 0.1) is 6.61 Å². The molecular formula is C19H21NO4S. The van der Waals surface area contributed by atoms with Crippen LogP contribution in [0.25, 0.3) is 6.08 Å². The highest BCUT2D eigenvalue weighted by atomic mass is 32.2. The Balaban J connectivity index is 2.14. The van der Waals surface area contributed by atoms with E-state index in [-0.39, 0.29) is 13.0 Å². The fourth-order valence-electron chi connectivity index (χ4n) is 2.24. The van der Waals surface area contributed by atoms with E-state index in [0.717, 1.165) is 16.5 Å². The zero-order chi connectivity index (χ0) is 18.1. The summed E-state index contributed by atoms with van der Waals surface area (Å²) in [5, 5.41) is 1.06. The Morgan fingerprint density at radius 1 is 1.08 bits per heavy atom. The van der Waals surface area contributed by atoms with E-state index in [1.807, 2.05) is 48.5 Å². The highest BCUT2D eigenvalue weighted by Gasteiger charge is 2.24. The topological polar surface area (TPSA) is 72.5 Å². The van der Waals surface area contributed by atoms with Crippen molar-refractivity contribution in [3.63, 3.8) is 0 Å². The number of benzene rings is 2. The molecule has 0 saturated heterocycles. The summed E-state index contributed by atoms with van der Waals surface area (Å²) in [6.07, 6.45) is 1.70. The van der Waals surface area contributed by atoms with Crippen LogP contribution in [0.15, 0.2) is 66.1 Å². The van der Waals surface area contributed by atoms with E-state index in [1.165, 1.54) is 6.08 Å². The molecule has 132 valence electrons. The van der Waals surface area contributed by atoms with Crippen molar-refractivity contribution in [2.24, 2.45) is 0 Å². The third kappa shape index (κ3) is 6.52. The van der Waals surface area contributed by atoms with Gasteiger partial charge >= 0.3 is 5.97 Å². The van der Waals surface area contributed by atoms with Gasteiger partial charge in [0, 0.05) is 5.41 Å². The zero-order valence-corrected chi connectivity index (χ0v) is 14.8. The van der Waals surface area contributed by atoms with Gasteiger partial charge in [-0.25, -0.2) is 8.42 Å². The fraction of sp³-hybridized carbons (Fsp3) is 0.211. The van der Waals surface area contributed by atoms with Crippen LogP contribution in [-0.2, 0) is 26.0 Å². The molecule has 0 heterocycles. The molecule has 5 nitrogen and oxygen atoms in total. The van der Waals surface area contributed by atoms with Gasteiger partial charge in [-0.1, -0.05) is 60.7 Å². The first-order valence-corrected chi connectivity index (χ1v) is 9.51. The molecule has 25 heavy (non-hydrogen) atoms. The minimum Gasteiger partial charge on any atom is -0.465 e.